The van der Waals surface area contributed by atoms with Crippen LogP contribution in [0.15, 0.2) is 0 Å². The molecule has 1 saturated heterocycles. The quantitative estimate of drug-likeness (QED) is 0.730. The minimum Gasteiger partial charge on any atom is -0.480 e. The van der Waals surface area contributed by atoms with Crippen molar-refractivity contribution in [2.75, 3.05) is 13.7 Å². The molecule has 2 atom stereocenters. The maximum Gasteiger partial charge on any atom is 0.328 e. The number of rotatable bonds is 5. The molecule has 0 radical (unpaired) electrons. The lowest BCUT2D eigenvalue weighted by Gasteiger charge is -2.25. The molecule has 7 heteroatoms. The third kappa shape index (κ3) is 4.11. The lowest BCUT2D eigenvalue weighted by Crippen LogP contribution is -2.51. The second-order valence-electron chi connectivity index (χ2n) is 5.34. The number of esters is 1. The van der Waals surface area contributed by atoms with Gasteiger partial charge in [-0.05, 0) is 25.2 Å². The first-order chi connectivity index (χ1) is 9.36. The van der Waals surface area contributed by atoms with Crippen LogP contribution in [0.1, 0.15) is 33.1 Å². The van der Waals surface area contributed by atoms with E-state index in [0.717, 1.165) is 0 Å². The highest BCUT2D eigenvalue weighted by molar-refractivity contribution is 5.87. The Morgan fingerprint density at radius 1 is 1.40 bits per heavy atom. The lowest BCUT2D eigenvalue weighted by atomic mass is 10.0. The SMILES string of the molecule is COC(=O)C(CC(C)C)NC(=O)N1CCC[C@H]1C(=O)O. The number of methoxy groups -OCH3 is 1. The normalized spacial score (nSPS) is 19.8. The molecule has 0 spiro atoms. The summed E-state index contributed by atoms with van der Waals surface area (Å²) in [5.74, 6) is -1.33. The van der Waals surface area contributed by atoms with E-state index in [1.54, 1.807) is 0 Å². The van der Waals surface area contributed by atoms with Crippen LogP contribution in [-0.2, 0) is 14.3 Å². The molecule has 0 aromatic rings. The van der Waals surface area contributed by atoms with Crippen LogP contribution in [-0.4, -0.2) is 53.7 Å². The van der Waals surface area contributed by atoms with E-state index in [-0.39, 0.29) is 5.92 Å². The molecule has 0 aliphatic carbocycles. The summed E-state index contributed by atoms with van der Waals surface area (Å²) < 4.78 is 4.66. The molecular formula is C13H22N2O5. The van der Waals surface area contributed by atoms with Crippen LogP contribution in [0.25, 0.3) is 0 Å². The summed E-state index contributed by atoms with van der Waals surface area (Å²) in [7, 11) is 1.26. The van der Waals surface area contributed by atoms with E-state index < -0.39 is 30.1 Å². The molecule has 1 unspecified atom stereocenters. The predicted octanol–water partition coefficient (Wildman–Crippen LogP) is 0.833. The standard InChI is InChI=1S/C13H22N2O5/c1-8(2)7-9(12(18)20-3)14-13(19)15-6-4-5-10(15)11(16)17/h8-10H,4-7H2,1-3H3,(H,14,19)(H,16,17)/t9?,10-/m0/s1. The molecule has 2 amide bonds. The number of nitrogens with zero attached hydrogens (tertiary/aromatic N) is 1. The number of carboxylic acids is 1. The van der Waals surface area contributed by atoms with Crippen molar-refractivity contribution in [3.05, 3.63) is 0 Å². The van der Waals surface area contributed by atoms with Gasteiger partial charge in [-0.1, -0.05) is 13.8 Å². The van der Waals surface area contributed by atoms with Crippen LogP contribution in [0.4, 0.5) is 4.79 Å². The van der Waals surface area contributed by atoms with Gasteiger partial charge in [-0.15, -0.1) is 0 Å². The number of amides is 2. The van der Waals surface area contributed by atoms with E-state index in [4.69, 9.17) is 5.11 Å². The maximum absolute atomic E-state index is 12.1. The van der Waals surface area contributed by atoms with E-state index in [0.29, 0.717) is 25.8 Å². The molecule has 0 bridgehead atoms. The fourth-order valence-corrected chi connectivity index (χ4v) is 2.33. The monoisotopic (exact) mass is 286 g/mol. The number of aliphatic carboxylic acids is 1. The first-order valence-electron chi connectivity index (χ1n) is 6.74. The zero-order chi connectivity index (χ0) is 15.3. The summed E-state index contributed by atoms with van der Waals surface area (Å²) in [6.07, 6.45) is 1.54. The smallest absolute Gasteiger partial charge is 0.328 e. The zero-order valence-corrected chi connectivity index (χ0v) is 12.1. The number of hydrogen-bond donors (Lipinski definition) is 2. The Bertz CT molecular complexity index is 383. The third-order valence-electron chi connectivity index (χ3n) is 3.29. The summed E-state index contributed by atoms with van der Waals surface area (Å²) in [6, 6.07) is -2.08. The van der Waals surface area contributed by atoms with Gasteiger partial charge in [-0.3, -0.25) is 0 Å². The molecule has 1 fully saturated rings. The van der Waals surface area contributed by atoms with Gasteiger partial charge in [-0.25, -0.2) is 14.4 Å². The first kappa shape index (κ1) is 16.3. The summed E-state index contributed by atoms with van der Waals surface area (Å²) in [5.41, 5.74) is 0. The number of carboxylic acid groups (broad SMARTS) is 1. The summed E-state index contributed by atoms with van der Waals surface area (Å²) in [5, 5.41) is 11.6. The number of carbonyl (C=O) groups is 3. The van der Waals surface area contributed by atoms with Gasteiger partial charge in [0.2, 0.25) is 0 Å². The van der Waals surface area contributed by atoms with Gasteiger partial charge < -0.3 is 20.1 Å². The molecular weight excluding hydrogens is 264 g/mol. The molecule has 0 aromatic heterocycles. The fraction of sp³-hybridized carbons (Fsp3) is 0.769. The van der Waals surface area contributed by atoms with Crippen LogP contribution in [0.3, 0.4) is 0 Å². The molecule has 0 aromatic carbocycles. The van der Waals surface area contributed by atoms with Crippen molar-refractivity contribution in [1.82, 2.24) is 10.2 Å². The summed E-state index contributed by atoms with van der Waals surface area (Å²) >= 11 is 0. The van der Waals surface area contributed by atoms with Crippen molar-refractivity contribution < 1.29 is 24.2 Å². The minimum absolute atomic E-state index is 0.202. The van der Waals surface area contributed by atoms with E-state index in [1.807, 2.05) is 13.8 Å². The van der Waals surface area contributed by atoms with E-state index in [1.165, 1.54) is 12.0 Å². The molecule has 1 aliphatic rings. The number of ether oxygens (including phenoxy) is 1. The maximum atomic E-state index is 12.1. The fourth-order valence-electron chi connectivity index (χ4n) is 2.33. The molecule has 20 heavy (non-hydrogen) atoms. The van der Waals surface area contributed by atoms with E-state index in [9.17, 15) is 14.4 Å². The Balaban J connectivity index is 2.70. The summed E-state index contributed by atoms with van der Waals surface area (Å²) in [6.45, 7) is 4.24. The van der Waals surface area contributed by atoms with Gasteiger partial charge in [0, 0.05) is 6.54 Å². The van der Waals surface area contributed by atoms with Gasteiger partial charge in [-0.2, -0.15) is 0 Å². The van der Waals surface area contributed by atoms with Gasteiger partial charge in [0.05, 0.1) is 7.11 Å². The Hall–Kier alpha value is -1.79. The lowest BCUT2D eigenvalue weighted by molar-refractivity contribution is -0.143. The number of carbonyl (C=O) groups excluding carboxylic acids is 2. The van der Waals surface area contributed by atoms with Gasteiger partial charge in [0.1, 0.15) is 12.1 Å². The number of hydrogen-bond acceptors (Lipinski definition) is 4. The van der Waals surface area contributed by atoms with Crippen molar-refractivity contribution in [2.45, 2.75) is 45.2 Å². The van der Waals surface area contributed by atoms with E-state index in [2.05, 4.69) is 10.1 Å². The summed E-state index contributed by atoms with van der Waals surface area (Å²) in [4.78, 5) is 36.1. The van der Waals surface area contributed by atoms with Crippen molar-refractivity contribution in [2.24, 2.45) is 5.92 Å². The molecule has 1 rings (SSSR count). The molecule has 2 N–H and O–H groups in total. The number of urea groups is 1. The van der Waals surface area contributed by atoms with Crippen LogP contribution < -0.4 is 5.32 Å². The van der Waals surface area contributed by atoms with Crippen molar-refractivity contribution >= 4 is 18.0 Å². The molecule has 0 saturated carbocycles. The Labute approximate surface area is 118 Å². The van der Waals surface area contributed by atoms with Crippen LogP contribution in [0, 0.1) is 5.92 Å². The largest absolute Gasteiger partial charge is 0.480 e. The van der Waals surface area contributed by atoms with Crippen molar-refractivity contribution in [1.29, 1.82) is 0 Å². The number of nitrogens with one attached hydrogen (secondary N) is 1. The Morgan fingerprint density at radius 2 is 2.05 bits per heavy atom. The zero-order valence-electron chi connectivity index (χ0n) is 12.1. The first-order valence-corrected chi connectivity index (χ1v) is 6.74. The minimum atomic E-state index is -1.02. The molecule has 1 heterocycles. The van der Waals surface area contributed by atoms with Gasteiger partial charge in [0.25, 0.3) is 0 Å². The second kappa shape index (κ2) is 7.12. The topological polar surface area (TPSA) is 95.9 Å². The van der Waals surface area contributed by atoms with Crippen molar-refractivity contribution in [3.63, 3.8) is 0 Å². The van der Waals surface area contributed by atoms with Crippen molar-refractivity contribution in [3.8, 4) is 0 Å². The third-order valence-corrected chi connectivity index (χ3v) is 3.29. The highest BCUT2D eigenvalue weighted by Gasteiger charge is 2.35. The Kier molecular flexibility index (Phi) is 5.79. The van der Waals surface area contributed by atoms with E-state index >= 15 is 0 Å². The number of likely N-dealkylation sites (tertiary alicyclic amines) is 1. The van der Waals surface area contributed by atoms with Crippen LogP contribution in [0.2, 0.25) is 0 Å². The van der Waals surface area contributed by atoms with Gasteiger partial charge >= 0.3 is 18.0 Å². The van der Waals surface area contributed by atoms with Gasteiger partial charge in [0.15, 0.2) is 0 Å². The average Bonchev–Trinajstić information content (AvgIpc) is 2.85. The second-order valence-corrected chi connectivity index (χ2v) is 5.34. The van der Waals surface area contributed by atoms with Crippen LogP contribution >= 0.6 is 0 Å². The molecule has 114 valence electrons. The molecule has 7 nitrogen and oxygen atoms in total. The highest BCUT2D eigenvalue weighted by Crippen LogP contribution is 2.18. The van der Waals surface area contributed by atoms with Crippen LogP contribution in [0.5, 0.6) is 0 Å². The Morgan fingerprint density at radius 3 is 2.55 bits per heavy atom. The predicted molar refractivity (Wildman–Crippen MR) is 71.2 cm³/mol. The highest BCUT2D eigenvalue weighted by atomic mass is 16.5. The average molecular weight is 286 g/mol. The molecule has 1 aliphatic heterocycles.